The van der Waals surface area contributed by atoms with Gasteiger partial charge in [-0.05, 0) is 62.3 Å². The topological polar surface area (TPSA) is 47.6 Å². The number of amides is 2. The first-order valence-electron chi connectivity index (χ1n) is 9.06. The van der Waals surface area contributed by atoms with Gasteiger partial charge in [0.05, 0.1) is 6.04 Å². The molecule has 1 heterocycles. The van der Waals surface area contributed by atoms with Crippen LogP contribution in [-0.2, 0) is 6.42 Å². The Balaban J connectivity index is 1.65. The molecule has 3 rings (SSSR count). The smallest absolute Gasteiger partial charge is 0.319 e. The summed E-state index contributed by atoms with van der Waals surface area (Å²) in [6, 6.07) is 14.4. The summed E-state index contributed by atoms with van der Waals surface area (Å²) in [4.78, 5) is 16.7. The summed E-state index contributed by atoms with van der Waals surface area (Å²) in [6.45, 7) is 3.64. The van der Waals surface area contributed by atoms with E-state index in [1.165, 1.54) is 16.8 Å². The number of urea groups is 1. The fourth-order valence-electron chi connectivity index (χ4n) is 3.48. The molecule has 0 aromatic heterocycles. The van der Waals surface area contributed by atoms with Gasteiger partial charge in [-0.25, -0.2) is 4.79 Å². The summed E-state index contributed by atoms with van der Waals surface area (Å²) < 4.78 is 0. The first-order chi connectivity index (χ1) is 12.4. The summed E-state index contributed by atoms with van der Waals surface area (Å²) in [6.07, 6.45) is 1.08. The van der Waals surface area contributed by atoms with Gasteiger partial charge >= 0.3 is 6.03 Å². The van der Waals surface area contributed by atoms with Gasteiger partial charge in [-0.1, -0.05) is 24.3 Å². The third-order valence-electron chi connectivity index (χ3n) is 4.97. The predicted octanol–water partition coefficient (Wildman–Crippen LogP) is 3.41. The maximum atomic E-state index is 12.3. The Hall–Kier alpha value is -2.53. The zero-order chi connectivity index (χ0) is 18.7. The minimum atomic E-state index is -0.177. The highest BCUT2D eigenvalue weighted by atomic mass is 16.2. The number of nitrogens with one attached hydrogen (secondary N) is 2. The summed E-state index contributed by atoms with van der Waals surface area (Å²) in [7, 11) is 6.22. The van der Waals surface area contributed by atoms with Crippen molar-refractivity contribution in [2.24, 2.45) is 0 Å². The molecular weight excluding hydrogens is 324 g/mol. The van der Waals surface area contributed by atoms with Crippen LogP contribution in [0.3, 0.4) is 0 Å². The molecule has 138 valence electrons. The van der Waals surface area contributed by atoms with E-state index in [1.54, 1.807) is 0 Å². The molecule has 1 atom stereocenters. The van der Waals surface area contributed by atoms with Crippen molar-refractivity contribution >= 4 is 17.4 Å². The van der Waals surface area contributed by atoms with Crippen molar-refractivity contribution in [2.45, 2.75) is 19.4 Å². The lowest BCUT2D eigenvalue weighted by atomic mass is 10.0. The minimum Gasteiger partial charge on any atom is -0.374 e. The fraction of sp³-hybridized carbons (Fsp3) is 0.381. The molecule has 0 saturated carbocycles. The number of fused-ring (bicyclic) bond motifs is 1. The molecule has 0 radical (unpaired) electrons. The van der Waals surface area contributed by atoms with Gasteiger partial charge in [0.25, 0.3) is 0 Å². The van der Waals surface area contributed by atoms with Gasteiger partial charge in [0, 0.05) is 31.5 Å². The van der Waals surface area contributed by atoms with Crippen LogP contribution in [0.25, 0.3) is 0 Å². The number of carbonyl (C=O) groups is 1. The maximum absolute atomic E-state index is 12.3. The number of aryl methyl sites for hydroxylation is 1. The molecule has 0 aliphatic carbocycles. The molecule has 2 aromatic rings. The largest absolute Gasteiger partial charge is 0.374 e. The molecular formula is C21H28N4O. The second-order valence-corrected chi connectivity index (χ2v) is 7.24. The first kappa shape index (κ1) is 18.3. The van der Waals surface area contributed by atoms with Crippen LogP contribution in [-0.4, -0.2) is 45.2 Å². The minimum absolute atomic E-state index is 0.134. The van der Waals surface area contributed by atoms with E-state index >= 15 is 0 Å². The highest BCUT2D eigenvalue weighted by Gasteiger charge is 2.20. The highest BCUT2D eigenvalue weighted by Crippen LogP contribution is 2.30. The third kappa shape index (κ3) is 4.17. The number of anilines is 2. The number of rotatable bonds is 5. The van der Waals surface area contributed by atoms with Gasteiger partial charge in [-0.2, -0.15) is 0 Å². The summed E-state index contributed by atoms with van der Waals surface area (Å²) in [5.74, 6) is 0. The Labute approximate surface area is 156 Å². The molecule has 2 aromatic carbocycles. The second kappa shape index (κ2) is 7.79. The molecule has 5 nitrogen and oxygen atoms in total. The normalized spacial score (nSPS) is 14.3. The molecule has 2 amide bonds. The Morgan fingerprint density at radius 1 is 1.23 bits per heavy atom. The van der Waals surface area contributed by atoms with Crippen LogP contribution in [0.1, 0.15) is 22.7 Å². The van der Waals surface area contributed by atoms with Crippen LogP contribution < -0.4 is 15.5 Å². The van der Waals surface area contributed by atoms with Crippen molar-refractivity contribution in [2.75, 3.05) is 44.4 Å². The molecule has 0 unspecified atom stereocenters. The van der Waals surface area contributed by atoms with Gasteiger partial charge in [-0.15, -0.1) is 0 Å². The second-order valence-electron chi connectivity index (χ2n) is 7.24. The number of likely N-dealkylation sites (N-methyl/N-ethyl adjacent to an activating group) is 2. The molecule has 5 heteroatoms. The van der Waals surface area contributed by atoms with Gasteiger partial charge in [0.2, 0.25) is 0 Å². The van der Waals surface area contributed by atoms with E-state index in [0.717, 1.165) is 24.2 Å². The van der Waals surface area contributed by atoms with Crippen molar-refractivity contribution in [3.8, 4) is 0 Å². The number of hydrogen-bond donors (Lipinski definition) is 2. The van der Waals surface area contributed by atoms with Crippen LogP contribution in [0, 0.1) is 6.92 Å². The van der Waals surface area contributed by atoms with Crippen molar-refractivity contribution in [1.29, 1.82) is 0 Å². The van der Waals surface area contributed by atoms with Gasteiger partial charge in [0.15, 0.2) is 0 Å². The molecule has 1 aliphatic rings. The zero-order valence-electron chi connectivity index (χ0n) is 16.0. The first-order valence-corrected chi connectivity index (χ1v) is 9.06. The van der Waals surface area contributed by atoms with Crippen LogP contribution in [0.2, 0.25) is 0 Å². The fourth-order valence-corrected chi connectivity index (χ4v) is 3.48. The molecule has 0 bridgehead atoms. The lowest BCUT2D eigenvalue weighted by molar-refractivity contribution is 0.243. The van der Waals surface area contributed by atoms with Crippen molar-refractivity contribution in [1.82, 2.24) is 10.2 Å². The maximum Gasteiger partial charge on any atom is 0.319 e. The lowest BCUT2D eigenvalue weighted by Gasteiger charge is -2.26. The summed E-state index contributed by atoms with van der Waals surface area (Å²) in [5.41, 5.74) is 5.87. The average Bonchev–Trinajstić information content (AvgIpc) is 2.95. The zero-order valence-corrected chi connectivity index (χ0v) is 16.0. The lowest BCUT2D eigenvalue weighted by Crippen LogP contribution is -2.36. The molecule has 1 aliphatic heterocycles. The van der Waals surface area contributed by atoms with E-state index in [-0.39, 0.29) is 12.1 Å². The third-order valence-corrected chi connectivity index (χ3v) is 4.97. The summed E-state index contributed by atoms with van der Waals surface area (Å²) >= 11 is 0. The van der Waals surface area contributed by atoms with Gasteiger partial charge in [-0.3, -0.25) is 0 Å². The quantitative estimate of drug-likeness (QED) is 0.867. The average molecular weight is 352 g/mol. The van der Waals surface area contributed by atoms with E-state index in [1.807, 2.05) is 45.3 Å². The molecule has 0 spiro atoms. The van der Waals surface area contributed by atoms with Gasteiger partial charge in [0.1, 0.15) is 0 Å². The van der Waals surface area contributed by atoms with E-state index in [9.17, 15) is 4.79 Å². The van der Waals surface area contributed by atoms with Crippen molar-refractivity contribution in [3.63, 3.8) is 0 Å². The predicted molar refractivity (Wildman–Crippen MR) is 108 cm³/mol. The molecule has 2 N–H and O–H groups in total. The monoisotopic (exact) mass is 352 g/mol. The molecule has 0 fully saturated rings. The number of hydrogen-bond acceptors (Lipinski definition) is 3. The Morgan fingerprint density at radius 3 is 2.77 bits per heavy atom. The van der Waals surface area contributed by atoms with Crippen LogP contribution >= 0.6 is 0 Å². The molecule has 26 heavy (non-hydrogen) atoms. The number of nitrogens with zero attached hydrogens (tertiary/aromatic N) is 2. The van der Waals surface area contributed by atoms with Crippen molar-refractivity contribution < 1.29 is 4.79 Å². The summed E-state index contributed by atoms with van der Waals surface area (Å²) in [5, 5.41) is 5.91. The Kier molecular flexibility index (Phi) is 5.47. The van der Waals surface area contributed by atoms with Crippen LogP contribution in [0.5, 0.6) is 0 Å². The van der Waals surface area contributed by atoms with E-state index in [4.69, 9.17) is 0 Å². The number of carbonyl (C=O) groups excluding carboxylic acids is 1. The standard InChI is InChI=1S/C21H28N4O/c1-15-6-5-7-18(12-15)23-21(26)22-14-20(24(2)3)16-8-9-19-17(13-16)10-11-25(19)4/h5-9,12-13,20H,10-11,14H2,1-4H3,(H2,22,23,26)/t20-/m1/s1. The van der Waals surface area contributed by atoms with E-state index < -0.39 is 0 Å². The highest BCUT2D eigenvalue weighted by molar-refractivity contribution is 5.89. The van der Waals surface area contributed by atoms with Gasteiger partial charge < -0.3 is 20.4 Å². The van der Waals surface area contributed by atoms with Crippen molar-refractivity contribution in [3.05, 3.63) is 59.2 Å². The van der Waals surface area contributed by atoms with Crippen LogP contribution in [0.4, 0.5) is 16.2 Å². The SMILES string of the molecule is Cc1cccc(NC(=O)NC[C@H](c2ccc3c(c2)CCN3C)N(C)C)c1. The van der Waals surface area contributed by atoms with Crippen LogP contribution in [0.15, 0.2) is 42.5 Å². The molecule has 0 saturated heterocycles. The number of benzene rings is 2. The van der Waals surface area contributed by atoms with E-state index in [0.29, 0.717) is 6.54 Å². The van der Waals surface area contributed by atoms with E-state index in [2.05, 4.69) is 45.7 Å². The Morgan fingerprint density at radius 2 is 2.04 bits per heavy atom. The Bertz CT molecular complexity index is 787.